The van der Waals surface area contributed by atoms with Crippen molar-refractivity contribution in [3.63, 3.8) is 0 Å². The quantitative estimate of drug-likeness (QED) is 0.420. The van der Waals surface area contributed by atoms with E-state index in [4.69, 9.17) is 6.42 Å². The lowest BCUT2D eigenvalue weighted by atomic mass is 10.1. The van der Waals surface area contributed by atoms with Gasteiger partial charge in [-0.25, -0.2) is 0 Å². The van der Waals surface area contributed by atoms with Gasteiger partial charge in [0.1, 0.15) is 6.10 Å². The number of hydrogen-bond donors (Lipinski definition) is 1. The van der Waals surface area contributed by atoms with Crippen LogP contribution in [0.5, 0.6) is 0 Å². The van der Waals surface area contributed by atoms with E-state index in [1.807, 2.05) is 5.92 Å². The van der Waals surface area contributed by atoms with Crippen molar-refractivity contribution < 1.29 is 10.0 Å². The van der Waals surface area contributed by atoms with E-state index in [9.17, 15) is 15.2 Å². The van der Waals surface area contributed by atoms with Gasteiger partial charge in [-0.15, -0.1) is 6.42 Å². The Hall–Kier alpha value is -1.86. The molecule has 4 nitrogen and oxygen atoms in total. The molecule has 1 aromatic rings. The molecule has 0 radical (unpaired) electrons. The summed E-state index contributed by atoms with van der Waals surface area (Å²) < 4.78 is 0. The standard InChI is InChI=1S/C9H7NO3/c1-2-9(11)7-5-3-4-6-8(7)10(12)13/h1,3-6,9,11H/t9-/m0/s1. The Morgan fingerprint density at radius 3 is 2.69 bits per heavy atom. The third-order valence-electron chi connectivity index (χ3n) is 1.59. The van der Waals surface area contributed by atoms with Gasteiger partial charge in [-0.2, -0.15) is 0 Å². The molecule has 0 saturated heterocycles. The molecule has 1 atom stereocenters. The molecule has 0 amide bonds. The number of nitrogens with zero attached hydrogens (tertiary/aromatic N) is 1. The summed E-state index contributed by atoms with van der Waals surface area (Å²) in [6.07, 6.45) is 3.73. The van der Waals surface area contributed by atoms with Crippen LogP contribution in [-0.4, -0.2) is 10.0 Å². The zero-order valence-electron chi connectivity index (χ0n) is 6.68. The predicted molar refractivity (Wildman–Crippen MR) is 46.9 cm³/mol. The van der Waals surface area contributed by atoms with E-state index in [2.05, 4.69) is 0 Å². The Morgan fingerprint density at radius 1 is 1.54 bits per heavy atom. The van der Waals surface area contributed by atoms with Crippen molar-refractivity contribution in [1.29, 1.82) is 0 Å². The first-order chi connectivity index (χ1) is 6.16. The second kappa shape index (κ2) is 3.70. The maximum absolute atomic E-state index is 10.5. The number of aliphatic hydroxyl groups is 1. The van der Waals surface area contributed by atoms with Crippen LogP contribution in [0.4, 0.5) is 5.69 Å². The number of nitro benzene ring substituents is 1. The molecule has 0 bridgehead atoms. The van der Waals surface area contributed by atoms with Crippen LogP contribution in [0, 0.1) is 22.5 Å². The molecule has 0 aliphatic carbocycles. The molecular formula is C9H7NO3. The third kappa shape index (κ3) is 1.83. The van der Waals surface area contributed by atoms with Crippen LogP contribution in [0.1, 0.15) is 11.7 Å². The predicted octanol–water partition coefficient (Wildman–Crippen LogP) is 1.26. The minimum Gasteiger partial charge on any atom is -0.376 e. The summed E-state index contributed by atoms with van der Waals surface area (Å²) in [5.41, 5.74) is -0.0112. The van der Waals surface area contributed by atoms with E-state index in [1.54, 1.807) is 6.07 Å². The number of rotatable bonds is 2. The lowest BCUT2D eigenvalue weighted by Crippen LogP contribution is -1.99. The van der Waals surface area contributed by atoms with Gasteiger partial charge < -0.3 is 5.11 Å². The van der Waals surface area contributed by atoms with Crippen molar-refractivity contribution in [2.75, 3.05) is 0 Å². The van der Waals surface area contributed by atoms with Gasteiger partial charge >= 0.3 is 0 Å². The summed E-state index contributed by atoms with van der Waals surface area (Å²) in [6.45, 7) is 0. The molecule has 0 saturated carbocycles. The number of nitro groups is 1. The van der Waals surface area contributed by atoms with Crippen molar-refractivity contribution >= 4 is 5.69 Å². The number of hydrogen-bond acceptors (Lipinski definition) is 3. The normalized spacial score (nSPS) is 11.7. The highest BCUT2D eigenvalue weighted by Gasteiger charge is 2.17. The lowest BCUT2D eigenvalue weighted by molar-refractivity contribution is -0.386. The smallest absolute Gasteiger partial charge is 0.276 e. The molecule has 0 aliphatic rings. The van der Waals surface area contributed by atoms with Gasteiger partial charge in [0, 0.05) is 6.07 Å². The molecule has 0 spiro atoms. The van der Waals surface area contributed by atoms with Crippen LogP contribution in [0.3, 0.4) is 0 Å². The molecule has 13 heavy (non-hydrogen) atoms. The Labute approximate surface area is 75.0 Å². The summed E-state index contributed by atoms with van der Waals surface area (Å²) >= 11 is 0. The van der Waals surface area contributed by atoms with Crippen molar-refractivity contribution in [2.24, 2.45) is 0 Å². The molecule has 0 unspecified atom stereocenters. The minimum atomic E-state index is -1.22. The summed E-state index contributed by atoms with van der Waals surface area (Å²) in [4.78, 5) is 9.89. The fourth-order valence-corrected chi connectivity index (χ4v) is 0.975. The van der Waals surface area contributed by atoms with Gasteiger partial charge in [-0.3, -0.25) is 10.1 Å². The molecule has 0 aromatic heterocycles. The monoisotopic (exact) mass is 177 g/mol. The van der Waals surface area contributed by atoms with E-state index < -0.39 is 11.0 Å². The Balaban J connectivity index is 3.21. The van der Waals surface area contributed by atoms with E-state index in [0.29, 0.717) is 0 Å². The van der Waals surface area contributed by atoms with Crippen molar-refractivity contribution in [3.05, 3.63) is 39.9 Å². The van der Waals surface area contributed by atoms with Gasteiger partial charge in [0.05, 0.1) is 10.5 Å². The Bertz CT molecular complexity index is 367. The highest BCUT2D eigenvalue weighted by molar-refractivity contribution is 5.43. The van der Waals surface area contributed by atoms with Gasteiger partial charge in [-0.05, 0) is 6.07 Å². The SMILES string of the molecule is C#C[C@H](O)c1ccccc1[N+](=O)[O-]. The summed E-state index contributed by atoms with van der Waals surface area (Å²) in [6, 6.07) is 5.84. The largest absolute Gasteiger partial charge is 0.376 e. The maximum Gasteiger partial charge on any atom is 0.276 e. The van der Waals surface area contributed by atoms with E-state index in [1.165, 1.54) is 18.2 Å². The molecule has 4 heteroatoms. The zero-order chi connectivity index (χ0) is 9.84. The van der Waals surface area contributed by atoms with Crippen molar-refractivity contribution in [3.8, 4) is 12.3 Å². The number of benzene rings is 1. The second-order valence-electron chi connectivity index (χ2n) is 2.39. The maximum atomic E-state index is 10.5. The highest BCUT2D eigenvalue weighted by atomic mass is 16.6. The van der Waals surface area contributed by atoms with Crippen molar-refractivity contribution in [2.45, 2.75) is 6.10 Å². The molecule has 1 N–H and O–H groups in total. The second-order valence-corrected chi connectivity index (χ2v) is 2.39. The van der Waals surface area contributed by atoms with Crippen LogP contribution in [0.2, 0.25) is 0 Å². The average molecular weight is 177 g/mol. The number of terminal acetylenes is 1. The van der Waals surface area contributed by atoms with Gasteiger partial charge in [0.15, 0.2) is 0 Å². The van der Waals surface area contributed by atoms with Crippen molar-refractivity contribution in [1.82, 2.24) is 0 Å². The number of aliphatic hydroxyl groups excluding tert-OH is 1. The van der Waals surface area contributed by atoms with Gasteiger partial charge in [-0.1, -0.05) is 18.1 Å². The summed E-state index contributed by atoms with van der Waals surface area (Å²) in [7, 11) is 0. The van der Waals surface area contributed by atoms with E-state index in [-0.39, 0.29) is 11.3 Å². The highest BCUT2D eigenvalue weighted by Crippen LogP contribution is 2.23. The lowest BCUT2D eigenvalue weighted by Gasteiger charge is -2.03. The first-order valence-corrected chi connectivity index (χ1v) is 3.54. The zero-order valence-corrected chi connectivity index (χ0v) is 6.68. The molecule has 0 fully saturated rings. The Kier molecular flexibility index (Phi) is 2.62. The van der Waals surface area contributed by atoms with E-state index >= 15 is 0 Å². The topological polar surface area (TPSA) is 63.4 Å². The Morgan fingerprint density at radius 2 is 2.15 bits per heavy atom. The first kappa shape index (κ1) is 9.23. The third-order valence-corrected chi connectivity index (χ3v) is 1.59. The van der Waals surface area contributed by atoms with E-state index in [0.717, 1.165) is 0 Å². The number of para-hydroxylation sites is 1. The molecule has 0 aliphatic heterocycles. The fourth-order valence-electron chi connectivity index (χ4n) is 0.975. The van der Waals surface area contributed by atoms with Crippen LogP contribution in [0.25, 0.3) is 0 Å². The molecule has 66 valence electrons. The van der Waals surface area contributed by atoms with Crippen LogP contribution in [0.15, 0.2) is 24.3 Å². The average Bonchev–Trinajstić information content (AvgIpc) is 2.16. The molecule has 0 heterocycles. The van der Waals surface area contributed by atoms with Crippen LogP contribution >= 0.6 is 0 Å². The molecular weight excluding hydrogens is 170 g/mol. The summed E-state index contributed by atoms with van der Waals surface area (Å²) in [5, 5.41) is 19.7. The van der Waals surface area contributed by atoms with Gasteiger partial charge in [0.2, 0.25) is 0 Å². The minimum absolute atomic E-state index is 0.148. The van der Waals surface area contributed by atoms with Crippen LogP contribution < -0.4 is 0 Å². The first-order valence-electron chi connectivity index (χ1n) is 3.54. The molecule has 1 aromatic carbocycles. The molecule has 1 rings (SSSR count). The summed E-state index contributed by atoms with van der Waals surface area (Å²) in [5.74, 6) is 2.03. The van der Waals surface area contributed by atoms with Gasteiger partial charge in [0.25, 0.3) is 5.69 Å². The fraction of sp³-hybridized carbons (Fsp3) is 0.111. The van der Waals surface area contributed by atoms with Crippen LogP contribution in [-0.2, 0) is 0 Å².